The van der Waals surface area contributed by atoms with Crippen molar-refractivity contribution in [2.45, 2.75) is 43.9 Å². The Bertz CT molecular complexity index is 866. The SMILES string of the molecule is O=C1CCC(N2Cc3ccc(CN4CCOCCC45CNC5)cc3C2=O)C(=O)N1. The Morgan fingerprint density at radius 2 is 2.03 bits per heavy atom. The van der Waals surface area contributed by atoms with Crippen molar-refractivity contribution in [3.63, 3.8) is 0 Å². The van der Waals surface area contributed by atoms with E-state index < -0.39 is 6.04 Å². The molecule has 4 aliphatic heterocycles. The van der Waals surface area contributed by atoms with Crippen molar-refractivity contribution in [2.75, 3.05) is 32.8 Å². The molecule has 1 spiro atoms. The number of benzene rings is 1. The van der Waals surface area contributed by atoms with Gasteiger partial charge in [0.25, 0.3) is 5.91 Å². The lowest BCUT2D eigenvalue weighted by Crippen LogP contribution is -2.68. The van der Waals surface area contributed by atoms with Crippen molar-refractivity contribution in [3.05, 3.63) is 34.9 Å². The number of rotatable bonds is 3. The molecule has 3 saturated heterocycles. The number of hydrogen-bond donors (Lipinski definition) is 2. The fraction of sp³-hybridized carbons (Fsp3) is 0.571. The van der Waals surface area contributed by atoms with Crippen molar-refractivity contribution < 1.29 is 19.1 Å². The molecule has 1 atom stereocenters. The van der Waals surface area contributed by atoms with E-state index in [1.54, 1.807) is 4.90 Å². The maximum Gasteiger partial charge on any atom is 0.255 e. The largest absolute Gasteiger partial charge is 0.380 e. The van der Waals surface area contributed by atoms with Gasteiger partial charge in [0.2, 0.25) is 11.8 Å². The third kappa shape index (κ3) is 3.25. The predicted octanol–water partition coefficient (Wildman–Crippen LogP) is 0.0119. The van der Waals surface area contributed by atoms with E-state index in [0.717, 1.165) is 56.9 Å². The van der Waals surface area contributed by atoms with Crippen molar-refractivity contribution >= 4 is 17.7 Å². The second-order valence-corrected chi connectivity index (χ2v) is 8.50. The number of imide groups is 1. The number of amides is 3. The van der Waals surface area contributed by atoms with Gasteiger partial charge < -0.3 is 15.0 Å². The number of nitrogens with one attached hydrogen (secondary N) is 2. The van der Waals surface area contributed by atoms with Crippen LogP contribution in [-0.4, -0.2) is 72.0 Å². The molecule has 0 bridgehead atoms. The van der Waals surface area contributed by atoms with Crippen LogP contribution in [0.3, 0.4) is 0 Å². The van der Waals surface area contributed by atoms with Gasteiger partial charge in [-0.3, -0.25) is 24.6 Å². The van der Waals surface area contributed by atoms with Crippen LogP contribution < -0.4 is 10.6 Å². The average Bonchev–Trinajstić information content (AvgIpc) is 2.85. The molecule has 8 heteroatoms. The zero-order valence-corrected chi connectivity index (χ0v) is 16.4. The summed E-state index contributed by atoms with van der Waals surface area (Å²) in [5, 5.41) is 5.74. The Kier molecular flexibility index (Phi) is 4.64. The maximum atomic E-state index is 13.0. The van der Waals surface area contributed by atoms with Gasteiger partial charge >= 0.3 is 0 Å². The Morgan fingerprint density at radius 3 is 2.79 bits per heavy atom. The molecule has 4 aliphatic rings. The van der Waals surface area contributed by atoms with E-state index in [1.165, 1.54) is 0 Å². The number of fused-ring (bicyclic) bond motifs is 1. The average molecular weight is 398 g/mol. The maximum absolute atomic E-state index is 13.0. The fourth-order valence-electron chi connectivity index (χ4n) is 4.92. The van der Waals surface area contributed by atoms with E-state index in [9.17, 15) is 14.4 Å². The third-order valence-electron chi connectivity index (χ3n) is 6.76. The molecule has 3 fully saturated rings. The molecule has 1 aromatic rings. The standard InChI is InChI=1S/C21H26N4O4/c26-18-4-3-17(19(27)23-18)25-11-15-2-1-14(9-16(15)20(25)28)10-24-6-8-29-7-5-21(24)12-22-13-21/h1-2,9,17,22H,3-8,10-13H2,(H,23,26,27). The molecule has 5 rings (SSSR count). The topological polar surface area (TPSA) is 91.0 Å². The molecule has 154 valence electrons. The van der Waals surface area contributed by atoms with Crippen molar-refractivity contribution in [3.8, 4) is 0 Å². The van der Waals surface area contributed by atoms with Crippen LogP contribution in [0.1, 0.15) is 40.7 Å². The number of ether oxygens (including phenoxy) is 1. The zero-order chi connectivity index (χ0) is 20.0. The first-order valence-electron chi connectivity index (χ1n) is 10.4. The quantitative estimate of drug-likeness (QED) is 0.698. The molecular weight excluding hydrogens is 372 g/mol. The number of piperidine rings is 1. The van der Waals surface area contributed by atoms with E-state index in [4.69, 9.17) is 4.74 Å². The number of carbonyl (C=O) groups is 3. The summed E-state index contributed by atoms with van der Waals surface area (Å²) in [5.41, 5.74) is 2.88. The molecule has 0 aliphatic carbocycles. The molecule has 3 amide bonds. The van der Waals surface area contributed by atoms with Crippen LogP contribution in [0.15, 0.2) is 18.2 Å². The first-order valence-corrected chi connectivity index (χ1v) is 10.4. The lowest BCUT2D eigenvalue weighted by Gasteiger charge is -2.50. The van der Waals surface area contributed by atoms with E-state index in [-0.39, 0.29) is 29.7 Å². The van der Waals surface area contributed by atoms with Gasteiger partial charge in [0.15, 0.2) is 0 Å². The third-order valence-corrected chi connectivity index (χ3v) is 6.76. The van der Waals surface area contributed by atoms with Gasteiger partial charge in [0.1, 0.15) is 6.04 Å². The summed E-state index contributed by atoms with van der Waals surface area (Å²) in [7, 11) is 0. The van der Waals surface area contributed by atoms with Crippen molar-refractivity contribution in [2.24, 2.45) is 0 Å². The Labute approximate surface area is 169 Å². The molecule has 0 radical (unpaired) electrons. The van der Waals surface area contributed by atoms with Crippen LogP contribution in [-0.2, 0) is 27.4 Å². The molecule has 0 aromatic heterocycles. The van der Waals surface area contributed by atoms with E-state index in [0.29, 0.717) is 18.5 Å². The summed E-state index contributed by atoms with van der Waals surface area (Å²) in [6, 6.07) is 5.51. The lowest BCUT2D eigenvalue weighted by molar-refractivity contribution is -0.136. The molecule has 1 aromatic carbocycles. The highest BCUT2D eigenvalue weighted by atomic mass is 16.5. The minimum absolute atomic E-state index is 0.115. The second kappa shape index (κ2) is 7.19. The summed E-state index contributed by atoms with van der Waals surface area (Å²) in [5.74, 6) is -0.749. The van der Waals surface area contributed by atoms with Crippen LogP contribution in [0.5, 0.6) is 0 Å². The van der Waals surface area contributed by atoms with E-state index >= 15 is 0 Å². The zero-order valence-electron chi connectivity index (χ0n) is 16.4. The Hall–Kier alpha value is -2.29. The molecule has 4 heterocycles. The van der Waals surface area contributed by atoms with Crippen LogP contribution in [0.2, 0.25) is 0 Å². The normalized spacial score (nSPS) is 26.8. The molecule has 1 unspecified atom stereocenters. The number of nitrogens with zero attached hydrogens (tertiary/aromatic N) is 2. The van der Waals surface area contributed by atoms with Gasteiger partial charge in [-0.2, -0.15) is 0 Å². The van der Waals surface area contributed by atoms with Gasteiger partial charge in [-0.05, 0) is 30.0 Å². The number of carbonyl (C=O) groups excluding carboxylic acids is 3. The Balaban J connectivity index is 1.34. The molecule has 0 saturated carbocycles. The van der Waals surface area contributed by atoms with Crippen LogP contribution in [0.4, 0.5) is 0 Å². The van der Waals surface area contributed by atoms with Gasteiger partial charge in [-0.25, -0.2) is 0 Å². The minimum atomic E-state index is -0.567. The van der Waals surface area contributed by atoms with Gasteiger partial charge in [-0.1, -0.05) is 12.1 Å². The summed E-state index contributed by atoms with van der Waals surface area (Å²) >= 11 is 0. The summed E-state index contributed by atoms with van der Waals surface area (Å²) < 4.78 is 5.69. The van der Waals surface area contributed by atoms with E-state index in [1.807, 2.05) is 12.1 Å². The van der Waals surface area contributed by atoms with Gasteiger partial charge in [0, 0.05) is 56.9 Å². The van der Waals surface area contributed by atoms with Gasteiger partial charge in [-0.15, -0.1) is 0 Å². The minimum Gasteiger partial charge on any atom is -0.380 e. The van der Waals surface area contributed by atoms with Gasteiger partial charge in [0.05, 0.1) is 6.61 Å². The van der Waals surface area contributed by atoms with Crippen LogP contribution >= 0.6 is 0 Å². The summed E-state index contributed by atoms with van der Waals surface area (Å²) in [6.07, 6.45) is 1.68. The first-order chi connectivity index (χ1) is 14.1. The fourth-order valence-corrected chi connectivity index (χ4v) is 4.92. The van der Waals surface area contributed by atoms with Crippen molar-refractivity contribution in [1.82, 2.24) is 20.4 Å². The molecular formula is C21H26N4O4. The molecule has 2 N–H and O–H groups in total. The Morgan fingerprint density at radius 1 is 1.17 bits per heavy atom. The summed E-state index contributed by atoms with van der Waals surface area (Å²) in [6.45, 7) is 5.56. The first kappa shape index (κ1) is 18.7. The summed E-state index contributed by atoms with van der Waals surface area (Å²) in [4.78, 5) is 40.8. The number of hydrogen-bond acceptors (Lipinski definition) is 6. The smallest absolute Gasteiger partial charge is 0.255 e. The van der Waals surface area contributed by atoms with Crippen molar-refractivity contribution in [1.29, 1.82) is 0 Å². The highest BCUT2D eigenvalue weighted by Crippen LogP contribution is 2.31. The van der Waals surface area contributed by atoms with E-state index in [2.05, 4.69) is 21.6 Å². The molecule has 8 nitrogen and oxygen atoms in total. The highest BCUT2D eigenvalue weighted by molar-refractivity contribution is 6.05. The monoisotopic (exact) mass is 398 g/mol. The lowest BCUT2D eigenvalue weighted by atomic mass is 9.86. The predicted molar refractivity (Wildman–Crippen MR) is 104 cm³/mol. The van der Waals surface area contributed by atoms with Crippen LogP contribution in [0.25, 0.3) is 0 Å². The second-order valence-electron chi connectivity index (χ2n) is 8.50. The van der Waals surface area contributed by atoms with Crippen LogP contribution in [0, 0.1) is 0 Å². The highest BCUT2D eigenvalue weighted by Gasteiger charge is 2.43. The molecule has 29 heavy (non-hydrogen) atoms.